The lowest BCUT2D eigenvalue weighted by molar-refractivity contribution is 0.0920. The molecular formula is C19H19ClN4O3S. The number of ether oxygens (including phenoxy) is 1. The van der Waals surface area contributed by atoms with Crippen molar-refractivity contribution in [3.8, 4) is 0 Å². The van der Waals surface area contributed by atoms with Crippen molar-refractivity contribution in [3.63, 3.8) is 0 Å². The number of anilines is 1. The summed E-state index contributed by atoms with van der Waals surface area (Å²) in [6.07, 6.45) is 0.216. The van der Waals surface area contributed by atoms with E-state index in [1.807, 2.05) is 24.3 Å². The fourth-order valence-corrected chi connectivity index (χ4v) is 4.05. The van der Waals surface area contributed by atoms with Gasteiger partial charge < -0.3 is 15.4 Å². The third kappa shape index (κ3) is 4.13. The van der Waals surface area contributed by atoms with Crippen LogP contribution in [0.4, 0.5) is 10.5 Å². The molecule has 3 heterocycles. The van der Waals surface area contributed by atoms with Gasteiger partial charge in [0.25, 0.3) is 5.91 Å². The van der Waals surface area contributed by atoms with Crippen molar-refractivity contribution in [2.24, 2.45) is 4.99 Å². The second kappa shape index (κ2) is 8.20. The molecule has 2 aliphatic rings. The molecule has 1 saturated heterocycles. The van der Waals surface area contributed by atoms with Gasteiger partial charge in [-0.2, -0.15) is 0 Å². The molecule has 0 aliphatic carbocycles. The lowest BCUT2D eigenvalue weighted by atomic mass is 10.1. The molecule has 1 atom stereocenters. The summed E-state index contributed by atoms with van der Waals surface area (Å²) in [6, 6.07) is 11.0. The van der Waals surface area contributed by atoms with Crippen molar-refractivity contribution in [3.05, 3.63) is 51.2 Å². The number of rotatable bonds is 5. The van der Waals surface area contributed by atoms with Crippen LogP contribution >= 0.6 is 22.9 Å². The number of amides is 2. The average molecular weight is 419 g/mol. The molecule has 2 amide bonds. The second-order valence-corrected chi connectivity index (χ2v) is 8.20. The first kappa shape index (κ1) is 18.8. The van der Waals surface area contributed by atoms with Crippen LogP contribution in [0.15, 0.2) is 41.4 Å². The lowest BCUT2D eigenvalue weighted by Gasteiger charge is -2.17. The highest BCUT2D eigenvalue weighted by atomic mass is 35.5. The van der Waals surface area contributed by atoms with E-state index < -0.39 is 12.2 Å². The summed E-state index contributed by atoms with van der Waals surface area (Å²) in [5.74, 6) is 0.660. The van der Waals surface area contributed by atoms with E-state index in [1.54, 1.807) is 17.0 Å². The van der Waals surface area contributed by atoms with E-state index in [2.05, 4.69) is 15.6 Å². The minimum absolute atomic E-state index is 0.225. The van der Waals surface area contributed by atoms with E-state index >= 15 is 0 Å². The van der Waals surface area contributed by atoms with Gasteiger partial charge in [-0.3, -0.25) is 14.7 Å². The van der Waals surface area contributed by atoms with E-state index in [-0.39, 0.29) is 12.5 Å². The average Bonchev–Trinajstić information content (AvgIpc) is 3.32. The molecule has 1 aromatic carbocycles. The van der Waals surface area contributed by atoms with Gasteiger partial charge in [-0.1, -0.05) is 11.6 Å². The van der Waals surface area contributed by atoms with Crippen LogP contribution in [0.25, 0.3) is 0 Å². The van der Waals surface area contributed by atoms with Crippen LogP contribution in [0.1, 0.15) is 21.7 Å². The Morgan fingerprint density at radius 1 is 1.32 bits per heavy atom. The van der Waals surface area contributed by atoms with Crippen LogP contribution < -0.4 is 15.5 Å². The summed E-state index contributed by atoms with van der Waals surface area (Å²) in [5.41, 5.74) is 1.75. The van der Waals surface area contributed by atoms with E-state index in [0.29, 0.717) is 15.8 Å². The maximum Gasteiger partial charge on any atom is 0.414 e. The molecule has 0 radical (unpaired) electrons. The summed E-state index contributed by atoms with van der Waals surface area (Å²) in [4.78, 5) is 30.9. The maximum absolute atomic E-state index is 12.2. The van der Waals surface area contributed by atoms with Crippen molar-refractivity contribution in [1.82, 2.24) is 10.6 Å². The molecular weight excluding hydrogens is 400 g/mol. The highest BCUT2D eigenvalue weighted by molar-refractivity contribution is 7.18. The topological polar surface area (TPSA) is 83.0 Å². The van der Waals surface area contributed by atoms with E-state index in [4.69, 9.17) is 16.3 Å². The Balaban J connectivity index is 1.35. The molecule has 0 spiro atoms. The monoisotopic (exact) mass is 418 g/mol. The quantitative estimate of drug-likeness (QED) is 0.782. The Morgan fingerprint density at radius 2 is 2.14 bits per heavy atom. The molecule has 146 valence electrons. The molecule has 1 aromatic heterocycles. The zero-order chi connectivity index (χ0) is 19.5. The zero-order valence-corrected chi connectivity index (χ0v) is 16.6. The van der Waals surface area contributed by atoms with Crippen LogP contribution in [0.3, 0.4) is 0 Å². The number of halogens is 1. The van der Waals surface area contributed by atoms with Gasteiger partial charge in [0.1, 0.15) is 11.9 Å². The minimum atomic E-state index is -0.417. The SMILES string of the molecule is O=C(NC[C@H]1CN(c2ccc(C3=NCCCN3)cc2)C(=O)O1)c1ccc(Cl)s1. The highest BCUT2D eigenvalue weighted by Crippen LogP contribution is 2.23. The van der Waals surface area contributed by atoms with Gasteiger partial charge in [0.15, 0.2) is 0 Å². The Bertz CT molecular complexity index is 912. The first-order valence-electron chi connectivity index (χ1n) is 9.00. The molecule has 28 heavy (non-hydrogen) atoms. The number of nitrogens with zero attached hydrogens (tertiary/aromatic N) is 2. The third-order valence-electron chi connectivity index (χ3n) is 4.51. The van der Waals surface area contributed by atoms with Crippen molar-refractivity contribution < 1.29 is 14.3 Å². The summed E-state index contributed by atoms with van der Waals surface area (Å²) in [6.45, 7) is 2.37. The number of nitrogens with one attached hydrogen (secondary N) is 2. The lowest BCUT2D eigenvalue weighted by Crippen LogP contribution is -2.34. The van der Waals surface area contributed by atoms with Crippen LogP contribution in [-0.2, 0) is 4.74 Å². The molecule has 2 aliphatic heterocycles. The van der Waals surface area contributed by atoms with Gasteiger partial charge in [-0.25, -0.2) is 4.79 Å². The number of carbonyl (C=O) groups is 2. The predicted molar refractivity (Wildman–Crippen MR) is 110 cm³/mol. The van der Waals surface area contributed by atoms with Crippen molar-refractivity contribution in [2.45, 2.75) is 12.5 Å². The number of hydrogen-bond acceptors (Lipinski definition) is 6. The van der Waals surface area contributed by atoms with Crippen LogP contribution in [-0.4, -0.2) is 50.1 Å². The molecule has 0 unspecified atom stereocenters. The zero-order valence-electron chi connectivity index (χ0n) is 15.0. The number of carbonyl (C=O) groups excluding carboxylic acids is 2. The summed E-state index contributed by atoms with van der Waals surface area (Å²) in [7, 11) is 0. The number of aliphatic imine (C=N–C) groups is 1. The number of benzene rings is 1. The molecule has 2 aromatic rings. The summed E-state index contributed by atoms with van der Waals surface area (Å²) in [5, 5.41) is 6.06. The molecule has 4 rings (SSSR count). The van der Waals surface area contributed by atoms with Crippen molar-refractivity contribution >= 4 is 46.5 Å². The van der Waals surface area contributed by atoms with E-state index in [0.717, 1.165) is 36.6 Å². The first-order chi connectivity index (χ1) is 13.6. The van der Waals surface area contributed by atoms with Crippen LogP contribution in [0.5, 0.6) is 0 Å². The van der Waals surface area contributed by atoms with Crippen LogP contribution in [0.2, 0.25) is 4.34 Å². The maximum atomic E-state index is 12.2. The number of cyclic esters (lactones) is 1. The second-order valence-electron chi connectivity index (χ2n) is 6.49. The molecule has 1 fully saturated rings. The van der Waals surface area contributed by atoms with Gasteiger partial charge in [-0.15, -0.1) is 11.3 Å². The fourth-order valence-electron chi connectivity index (χ4n) is 3.09. The molecule has 7 nitrogen and oxygen atoms in total. The Hall–Kier alpha value is -2.58. The van der Waals surface area contributed by atoms with E-state index in [1.165, 1.54) is 11.3 Å². The summed E-state index contributed by atoms with van der Waals surface area (Å²) >= 11 is 7.06. The molecule has 9 heteroatoms. The van der Waals surface area contributed by atoms with Gasteiger partial charge in [0, 0.05) is 24.3 Å². The Labute approximate surface area is 171 Å². The smallest absolute Gasteiger partial charge is 0.414 e. The van der Waals surface area contributed by atoms with Crippen molar-refractivity contribution in [2.75, 3.05) is 31.1 Å². The highest BCUT2D eigenvalue weighted by Gasteiger charge is 2.32. The Kier molecular flexibility index (Phi) is 5.50. The standard InChI is InChI=1S/C19H19ClN4O3S/c20-16-7-6-15(28-16)18(25)23-10-14-11-24(19(26)27-14)13-4-2-12(3-5-13)17-21-8-1-9-22-17/h2-7,14H,1,8-11H2,(H,21,22)(H,23,25)/t14-/m0/s1. The third-order valence-corrected chi connectivity index (χ3v) is 5.74. The van der Waals surface area contributed by atoms with Gasteiger partial charge in [0.2, 0.25) is 0 Å². The molecule has 0 saturated carbocycles. The van der Waals surface area contributed by atoms with Crippen LogP contribution in [0, 0.1) is 0 Å². The molecule has 2 N–H and O–H groups in total. The number of hydrogen-bond donors (Lipinski definition) is 2. The van der Waals surface area contributed by atoms with E-state index in [9.17, 15) is 9.59 Å². The van der Waals surface area contributed by atoms with Gasteiger partial charge >= 0.3 is 6.09 Å². The number of thiophene rings is 1. The van der Waals surface area contributed by atoms with Gasteiger partial charge in [0.05, 0.1) is 22.3 Å². The van der Waals surface area contributed by atoms with Gasteiger partial charge in [-0.05, 0) is 42.8 Å². The Morgan fingerprint density at radius 3 is 2.82 bits per heavy atom. The number of amidine groups is 1. The fraction of sp³-hybridized carbons (Fsp3) is 0.316. The minimum Gasteiger partial charge on any atom is -0.442 e. The predicted octanol–water partition coefficient (Wildman–Crippen LogP) is 2.90. The normalized spacial score (nSPS) is 19.0. The largest absolute Gasteiger partial charge is 0.442 e. The molecule has 0 bridgehead atoms. The summed E-state index contributed by atoms with van der Waals surface area (Å²) < 4.78 is 5.94. The van der Waals surface area contributed by atoms with Crippen molar-refractivity contribution in [1.29, 1.82) is 0 Å². The first-order valence-corrected chi connectivity index (χ1v) is 10.2.